The van der Waals surface area contributed by atoms with Crippen molar-refractivity contribution in [2.75, 3.05) is 33.7 Å². The van der Waals surface area contributed by atoms with Crippen LogP contribution >= 0.6 is 0 Å². The van der Waals surface area contributed by atoms with Gasteiger partial charge in [0, 0.05) is 25.6 Å². The minimum Gasteiger partial charge on any atom is -0.354 e. The molecule has 2 aliphatic rings. The number of amides is 2. The average Bonchev–Trinajstić information content (AvgIpc) is 3.46. The van der Waals surface area contributed by atoms with Gasteiger partial charge in [0.2, 0.25) is 11.8 Å². The summed E-state index contributed by atoms with van der Waals surface area (Å²) in [6, 6.07) is 7.79. The number of aryl methyl sites for hydroxylation is 1. The number of hydrogen-bond donors (Lipinski definition) is 1. The molecule has 5 nitrogen and oxygen atoms in total. The molecule has 1 atom stereocenters. The first kappa shape index (κ1) is 18.9. The second-order valence-electron chi connectivity index (χ2n) is 8.01. The fourth-order valence-electron chi connectivity index (χ4n) is 3.84. The molecule has 5 heteroatoms. The molecule has 0 aromatic heterocycles. The molecule has 0 bridgehead atoms. The Balaban J connectivity index is 1.51. The smallest absolute Gasteiger partial charge is 0.241 e. The molecule has 0 spiro atoms. The number of likely N-dealkylation sites (N-methyl/N-ethyl adjacent to an activating group) is 1. The van der Waals surface area contributed by atoms with Gasteiger partial charge in [-0.1, -0.05) is 24.3 Å². The molecular formula is C21H31N3O2. The Hall–Kier alpha value is -1.88. The van der Waals surface area contributed by atoms with E-state index >= 15 is 0 Å². The van der Waals surface area contributed by atoms with Gasteiger partial charge in [-0.05, 0) is 63.7 Å². The van der Waals surface area contributed by atoms with E-state index in [1.165, 1.54) is 0 Å². The van der Waals surface area contributed by atoms with E-state index in [0.29, 0.717) is 24.3 Å². The number of rotatable bonds is 6. The molecule has 1 aromatic rings. The van der Waals surface area contributed by atoms with Crippen LogP contribution in [0.4, 0.5) is 0 Å². The maximum absolute atomic E-state index is 12.8. The minimum atomic E-state index is -0.271. The van der Waals surface area contributed by atoms with Crippen LogP contribution in [0.25, 0.3) is 0 Å². The number of benzene rings is 1. The molecule has 2 fully saturated rings. The zero-order valence-electron chi connectivity index (χ0n) is 16.2. The Labute approximate surface area is 156 Å². The zero-order chi connectivity index (χ0) is 18.7. The van der Waals surface area contributed by atoms with E-state index in [1.54, 1.807) is 0 Å². The Morgan fingerprint density at radius 1 is 1.15 bits per heavy atom. The molecule has 142 valence electrons. The number of nitrogens with one attached hydrogen (secondary N) is 1. The van der Waals surface area contributed by atoms with Gasteiger partial charge in [0.1, 0.15) is 6.04 Å². The van der Waals surface area contributed by atoms with Crippen molar-refractivity contribution >= 4 is 11.8 Å². The van der Waals surface area contributed by atoms with E-state index in [9.17, 15) is 9.59 Å². The van der Waals surface area contributed by atoms with Gasteiger partial charge in [0.15, 0.2) is 0 Å². The average molecular weight is 357 g/mol. The monoisotopic (exact) mass is 357 g/mol. The maximum atomic E-state index is 12.8. The van der Waals surface area contributed by atoms with Crippen molar-refractivity contribution in [2.45, 2.75) is 38.6 Å². The van der Waals surface area contributed by atoms with Crippen LogP contribution < -0.4 is 5.32 Å². The van der Waals surface area contributed by atoms with Crippen LogP contribution in [0.15, 0.2) is 24.3 Å². The van der Waals surface area contributed by atoms with Gasteiger partial charge < -0.3 is 10.2 Å². The van der Waals surface area contributed by atoms with Gasteiger partial charge in [0.05, 0.1) is 0 Å². The summed E-state index contributed by atoms with van der Waals surface area (Å²) < 4.78 is 0. The molecule has 1 aliphatic heterocycles. The Morgan fingerprint density at radius 3 is 2.38 bits per heavy atom. The van der Waals surface area contributed by atoms with Crippen LogP contribution in [0.1, 0.15) is 42.9 Å². The van der Waals surface area contributed by atoms with E-state index < -0.39 is 0 Å². The maximum Gasteiger partial charge on any atom is 0.241 e. The van der Waals surface area contributed by atoms with Gasteiger partial charge >= 0.3 is 0 Å². The quantitative estimate of drug-likeness (QED) is 0.850. The third-order valence-electron chi connectivity index (χ3n) is 5.67. The lowest BCUT2D eigenvalue weighted by Crippen LogP contribution is -2.44. The molecule has 1 N–H and O–H groups in total. The lowest BCUT2D eigenvalue weighted by atomic mass is 9.95. The summed E-state index contributed by atoms with van der Waals surface area (Å²) in [7, 11) is 3.89. The Morgan fingerprint density at radius 2 is 1.81 bits per heavy atom. The van der Waals surface area contributed by atoms with Crippen molar-refractivity contribution in [3.8, 4) is 0 Å². The number of carbonyl (C=O) groups excluding carboxylic acids is 2. The topological polar surface area (TPSA) is 52.7 Å². The number of likely N-dealkylation sites (tertiary alicyclic amines) is 1. The van der Waals surface area contributed by atoms with E-state index in [1.807, 2.05) is 55.1 Å². The predicted molar refractivity (Wildman–Crippen MR) is 103 cm³/mol. The van der Waals surface area contributed by atoms with Crippen molar-refractivity contribution in [2.24, 2.45) is 11.8 Å². The third kappa shape index (κ3) is 4.44. The molecule has 0 unspecified atom stereocenters. The predicted octanol–water partition coefficient (Wildman–Crippen LogP) is 2.36. The fourth-order valence-corrected chi connectivity index (χ4v) is 3.84. The summed E-state index contributed by atoms with van der Waals surface area (Å²) in [5, 5.41) is 3.15. The second-order valence-corrected chi connectivity index (χ2v) is 8.01. The molecule has 1 saturated heterocycles. The van der Waals surface area contributed by atoms with Crippen LogP contribution in [-0.2, 0) is 9.59 Å². The zero-order valence-corrected chi connectivity index (χ0v) is 16.2. The fraction of sp³-hybridized carbons (Fsp3) is 0.619. The number of piperidine rings is 1. The summed E-state index contributed by atoms with van der Waals surface area (Å²) in [5.41, 5.74) is 2.19. The van der Waals surface area contributed by atoms with Crippen molar-refractivity contribution in [1.29, 1.82) is 0 Å². The molecule has 1 heterocycles. The van der Waals surface area contributed by atoms with E-state index in [4.69, 9.17) is 0 Å². The van der Waals surface area contributed by atoms with Crippen LogP contribution in [0.5, 0.6) is 0 Å². The van der Waals surface area contributed by atoms with Crippen LogP contribution in [0, 0.1) is 18.8 Å². The summed E-state index contributed by atoms with van der Waals surface area (Å²) in [4.78, 5) is 29.0. The number of nitrogens with zero attached hydrogens (tertiary/aromatic N) is 2. The molecule has 0 radical (unpaired) electrons. The van der Waals surface area contributed by atoms with Gasteiger partial charge in [-0.2, -0.15) is 0 Å². The van der Waals surface area contributed by atoms with Gasteiger partial charge in [-0.25, -0.2) is 0 Å². The molecule has 3 rings (SSSR count). The highest BCUT2D eigenvalue weighted by atomic mass is 16.2. The highest BCUT2D eigenvalue weighted by molar-refractivity contribution is 5.83. The van der Waals surface area contributed by atoms with E-state index in [-0.39, 0.29) is 11.9 Å². The highest BCUT2D eigenvalue weighted by Crippen LogP contribution is 2.32. The van der Waals surface area contributed by atoms with Gasteiger partial charge in [-0.3, -0.25) is 14.5 Å². The molecule has 1 aliphatic carbocycles. The summed E-state index contributed by atoms with van der Waals surface area (Å²) in [5.74, 6) is 1.17. The largest absolute Gasteiger partial charge is 0.354 e. The molecular weight excluding hydrogens is 326 g/mol. The van der Waals surface area contributed by atoms with Crippen molar-refractivity contribution in [3.63, 3.8) is 0 Å². The molecule has 2 amide bonds. The molecule has 26 heavy (non-hydrogen) atoms. The lowest BCUT2D eigenvalue weighted by molar-refractivity contribution is -0.134. The normalized spacial score (nSPS) is 19.5. The SMILES string of the molecule is Cc1ccccc1[C@@H](C(=O)NCC1CCN(C(=O)C2CC2)CC1)N(C)C. The standard InChI is InChI=1S/C21H31N3O2/c1-15-6-4-5-7-18(15)19(23(2)3)20(25)22-14-16-10-12-24(13-11-16)21(26)17-8-9-17/h4-7,16-17,19H,8-14H2,1-3H3,(H,22,25)/t19-/m0/s1. The van der Waals surface area contributed by atoms with Crippen LogP contribution in [-0.4, -0.2) is 55.3 Å². The summed E-state index contributed by atoms with van der Waals surface area (Å²) in [6.45, 7) is 4.42. The van der Waals surface area contributed by atoms with Crippen molar-refractivity contribution in [1.82, 2.24) is 15.1 Å². The molecule has 1 saturated carbocycles. The minimum absolute atomic E-state index is 0.0563. The summed E-state index contributed by atoms with van der Waals surface area (Å²) in [6.07, 6.45) is 4.10. The van der Waals surface area contributed by atoms with Gasteiger partial charge in [0.25, 0.3) is 0 Å². The summed E-state index contributed by atoms with van der Waals surface area (Å²) >= 11 is 0. The Bertz CT molecular complexity index is 646. The van der Waals surface area contributed by atoms with Gasteiger partial charge in [-0.15, -0.1) is 0 Å². The first-order chi connectivity index (χ1) is 12.5. The lowest BCUT2D eigenvalue weighted by Gasteiger charge is -2.33. The van der Waals surface area contributed by atoms with Crippen LogP contribution in [0.2, 0.25) is 0 Å². The van der Waals surface area contributed by atoms with E-state index in [0.717, 1.165) is 49.9 Å². The van der Waals surface area contributed by atoms with Crippen molar-refractivity contribution < 1.29 is 9.59 Å². The van der Waals surface area contributed by atoms with E-state index in [2.05, 4.69) is 5.32 Å². The first-order valence-electron chi connectivity index (χ1n) is 9.76. The molecule has 1 aromatic carbocycles. The Kier molecular flexibility index (Phi) is 5.97. The van der Waals surface area contributed by atoms with Crippen LogP contribution in [0.3, 0.4) is 0 Å². The third-order valence-corrected chi connectivity index (χ3v) is 5.67. The number of hydrogen-bond acceptors (Lipinski definition) is 3. The second kappa shape index (κ2) is 8.21. The van der Waals surface area contributed by atoms with Crippen molar-refractivity contribution in [3.05, 3.63) is 35.4 Å². The first-order valence-corrected chi connectivity index (χ1v) is 9.76. The highest BCUT2D eigenvalue weighted by Gasteiger charge is 2.35. The number of carbonyl (C=O) groups is 2.